The van der Waals surface area contributed by atoms with Crippen molar-refractivity contribution in [1.82, 2.24) is 5.43 Å². The molecule has 2 aromatic carbocycles. The lowest BCUT2D eigenvalue weighted by Gasteiger charge is -2.22. The first-order valence-corrected chi connectivity index (χ1v) is 8.39. The van der Waals surface area contributed by atoms with Crippen LogP contribution < -0.4 is 11.3 Å². The zero-order valence-corrected chi connectivity index (χ0v) is 14.0. The van der Waals surface area contributed by atoms with Crippen LogP contribution >= 0.6 is 11.8 Å². The summed E-state index contributed by atoms with van der Waals surface area (Å²) in [5, 5.41) is 0. The zero-order valence-electron chi connectivity index (χ0n) is 13.2. The maximum absolute atomic E-state index is 5.82. The van der Waals surface area contributed by atoms with Gasteiger partial charge in [0.2, 0.25) is 0 Å². The van der Waals surface area contributed by atoms with Gasteiger partial charge in [-0.05, 0) is 34.4 Å². The molecule has 0 radical (unpaired) electrons. The smallest absolute Gasteiger partial charge is 0.0720 e. The second-order valence-electron chi connectivity index (χ2n) is 6.21. The summed E-state index contributed by atoms with van der Waals surface area (Å²) in [6.07, 6.45) is 2.09. The standard InChI is InChI=1S/C18H24N2S/c1-18(2,3)14-11-9-13(10-12-14)17(20-19)15-7-5-6-8-16(15)21-4/h5-12,17,20H,19H2,1-4H3. The highest BCUT2D eigenvalue weighted by atomic mass is 32.2. The van der Waals surface area contributed by atoms with Gasteiger partial charge in [0, 0.05) is 4.90 Å². The minimum absolute atomic E-state index is 0.0164. The third-order valence-electron chi connectivity index (χ3n) is 3.73. The molecule has 112 valence electrons. The number of thioether (sulfide) groups is 1. The quantitative estimate of drug-likeness (QED) is 0.503. The Morgan fingerprint density at radius 1 is 1.00 bits per heavy atom. The van der Waals surface area contributed by atoms with Gasteiger partial charge in [0.1, 0.15) is 0 Å². The Labute approximate surface area is 132 Å². The Balaban J connectivity index is 2.38. The molecule has 2 nitrogen and oxygen atoms in total. The molecule has 0 bridgehead atoms. The van der Waals surface area contributed by atoms with Crippen molar-refractivity contribution < 1.29 is 0 Å². The fourth-order valence-electron chi connectivity index (χ4n) is 2.45. The van der Waals surface area contributed by atoms with E-state index >= 15 is 0 Å². The molecule has 1 unspecified atom stereocenters. The van der Waals surface area contributed by atoms with Crippen LogP contribution in [0.1, 0.15) is 43.5 Å². The van der Waals surface area contributed by atoms with E-state index < -0.39 is 0 Å². The third kappa shape index (κ3) is 3.67. The normalized spacial score (nSPS) is 13.2. The lowest BCUT2D eigenvalue weighted by atomic mass is 9.86. The van der Waals surface area contributed by atoms with Gasteiger partial charge in [-0.2, -0.15) is 0 Å². The van der Waals surface area contributed by atoms with E-state index in [1.54, 1.807) is 11.8 Å². The van der Waals surface area contributed by atoms with E-state index in [0.29, 0.717) is 0 Å². The summed E-state index contributed by atoms with van der Waals surface area (Å²) >= 11 is 1.75. The number of nitrogens with two attached hydrogens (primary N) is 1. The van der Waals surface area contributed by atoms with Crippen LogP contribution in [-0.2, 0) is 5.41 Å². The number of nitrogens with one attached hydrogen (secondary N) is 1. The van der Waals surface area contributed by atoms with Crippen molar-refractivity contribution in [2.75, 3.05) is 6.26 Å². The first-order chi connectivity index (χ1) is 9.97. The van der Waals surface area contributed by atoms with Crippen molar-refractivity contribution in [1.29, 1.82) is 0 Å². The average molecular weight is 300 g/mol. The molecule has 21 heavy (non-hydrogen) atoms. The van der Waals surface area contributed by atoms with Crippen LogP contribution in [0.15, 0.2) is 53.4 Å². The summed E-state index contributed by atoms with van der Waals surface area (Å²) in [6.45, 7) is 6.68. The Morgan fingerprint density at radius 2 is 1.62 bits per heavy atom. The summed E-state index contributed by atoms with van der Waals surface area (Å²) in [4.78, 5) is 1.25. The van der Waals surface area contributed by atoms with E-state index in [4.69, 9.17) is 5.84 Å². The molecule has 3 N–H and O–H groups in total. The first kappa shape index (κ1) is 16.1. The van der Waals surface area contributed by atoms with E-state index in [-0.39, 0.29) is 11.5 Å². The molecule has 0 fully saturated rings. The molecule has 2 rings (SSSR count). The van der Waals surface area contributed by atoms with Crippen molar-refractivity contribution in [3.05, 3.63) is 65.2 Å². The van der Waals surface area contributed by atoms with Gasteiger partial charge in [-0.1, -0.05) is 63.2 Å². The van der Waals surface area contributed by atoms with Gasteiger partial charge >= 0.3 is 0 Å². The SMILES string of the molecule is CSc1ccccc1C(NN)c1ccc(C(C)(C)C)cc1. The van der Waals surface area contributed by atoms with Crippen molar-refractivity contribution in [3.8, 4) is 0 Å². The van der Waals surface area contributed by atoms with Gasteiger partial charge in [-0.25, -0.2) is 5.43 Å². The number of hydrogen-bond donors (Lipinski definition) is 2. The summed E-state index contributed by atoms with van der Waals surface area (Å²) in [5.41, 5.74) is 6.86. The van der Waals surface area contributed by atoms with Crippen molar-refractivity contribution in [3.63, 3.8) is 0 Å². The maximum Gasteiger partial charge on any atom is 0.0720 e. The minimum atomic E-state index is 0.0164. The molecule has 0 saturated heterocycles. The van der Waals surface area contributed by atoms with Crippen molar-refractivity contribution >= 4 is 11.8 Å². The molecule has 0 aromatic heterocycles. The molecule has 0 aliphatic heterocycles. The van der Waals surface area contributed by atoms with Gasteiger partial charge in [0.25, 0.3) is 0 Å². The van der Waals surface area contributed by atoms with E-state index in [2.05, 4.69) is 81.0 Å². The Hall–Kier alpha value is -1.29. The van der Waals surface area contributed by atoms with E-state index in [0.717, 1.165) is 0 Å². The topological polar surface area (TPSA) is 38.0 Å². The minimum Gasteiger partial charge on any atom is -0.271 e. The largest absolute Gasteiger partial charge is 0.271 e. The molecule has 0 heterocycles. The number of hydrazine groups is 1. The zero-order chi connectivity index (χ0) is 15.5. The Morgan fingerprint density at radius 3 is 2.14 bits per heavy atom. The number of rotatable bonds is 4. The number of hydrogen-bond acceptors (Lipinski definition) is 3. The fourth-order valence-corrected chi connectivity index (χ4v) is 3.08. The van der Waals surface area contributed by atoms with Crippen molar-refractivity contribution in [2.24, 2.45) is 5.84 Å². The molecule has 0 saturated carbocycles. The predicted molar refractivity (Wildman–Crippen MR) is 92.5 cm³/mol. The highest BCUT2D eigenvalue weighted by Gasteiger charge is 2.18. The second-order valence-corrected chi connectivity index (χ2v) is 7.06. The molecule has 0 aliphatic rings. The van der Waals surface area contributed by atoms with Crippen LogP contribution in [0.3, 0.4) is 0 Å². The van der Waals surface area contributed by atoms with Gasteiger partial charge in [0.15, 0.2) is 0 Å². The van der Waals surface area contributed by atoms with Gasteiger partial charge < -0.3 is 0 Å². The fraction of sp³-hybridized carbons (Fsp3) is 0.333. The molecule has 2 aromatic rings. The lowest BCUT2D eigenvalue weighted by Crippen LogP contribution is -2.29. The highest BCUT2D eigenvalue weighted by Crippen LogP contribution is 2.31. The molecule has 0 aliphatic carbocycles. The summed E-state index contributed by atoms with van der Waals surface area (Å²) < 4.78 is 0. The lowest BCUT2D eigenvalue weighted by molar-refractivity contribution is 0.587. The van der Waals surface area contributed by atoms with Crippen LogP contribution in [0.2, 0.25) is 0 Å². The number of benzene rings is 2. The van der Waals surface area contributed by atoms with Gasteiger partial charge in [-0.3, -0.25) is 5.84 Å². The summed E-state index contributed by atoms with van der Waals surface area (Å²) in [6, 6.07) is 17.1. The molecule has 1 atom stereocenters. The predicted octanol–water partition coefficient (Wildman–Crippen LogP) is 4.26. The molecular weight excluding hydrogens is 276 g/mol. The molecule has 0 amide bonds. The van der Waals surface area contributed by atoms with E-state index in [1.165, 1.54) is 21.6 Å². The maximum atomic E-state index is 5.82. The van der Waals surface area contributed by atoms with Crippen LogP contribution in [0.5, 0.6) is 0 Å². The molecule has 3 heteroatoms. The average Bonchev–Trinajstić information content (AvgIpc) is 2.48. The van der Waals surface area contributed by atoms with E-state index in [9.17, 15) is 0 Å². The van der Waals surface area contributed by atoms with Crippen molar-refractivity contribution in [2.45, 2.75) is 37.1 Å². The van der Waals surface area contributed by atoms with E-state index in [1.807, 2.05) is 0 Å². The van der Waals surface area contributed by atoms with Crippen LogP contribution in [0, 0.1) is 0 Å². The summed E-state index contributed by atoms with van der Waals surface area (Å²) in [5.74, 6) is 5.82. The van der Waals surface area contributed by atoms with Gasteiger partial charge in [0.05, 0.1) is 6.04 Å². The van der Waals surface area contributed by atoms with Gasteiger partial charge in [-0.15, -0.1) is 11.8 Å². The second kappa shape index (κ2) is 6.65. The van der Waals surface area contributed by atoms with Crippen LogP contribution in [0.25, 0.3) is 0 Å². The summed E-state index contributed by atoms with van der Waals surface area (Å²) in [7, 11) is 0. The highest BCUT2D eigenvalue weighted by molar-refractivity contribution is 7.98. The molecular formula is C18H24N2S. The van der Waals surface area contributed by atoms with Crippen LogP contribution in [-0.4, -0.2) is 6.26 Å². The Bertz CT molecular complexity index is 585. The molecule has 0 spiro atoms. The monoisotopic (exact) mass is 300 g/mol. The Kier molecular flexibility index (Phi) is 5.09. The third-order valence-corrected chi connectivity index (χ3v) is 4.54. The first-order valence-electron chi connectivity index (χ1n) is 7.17. The van der Waals surface area contributed by atoms with Crippen LogP contribution in [0.4, 0.5) is 0 Å².